The fraction of sp³-hybridized carbons (Fsp3) is 0.300. The minimum Gasteiger partial charge on any atom is -0.496 e. The van der Waals surface area contributed by atoms with Crippen LogP contribution in [0.3, 0.4) is 0 Å². The molecule has 3 rings (SSSR count). The summed E-state index contributed by atoms with van der Waals surface area (Å²) >= 11 is 0. The van der Waals surface area contributed by atoms with Crippen LogP contribution in [0.25, 0.3) is 0 Å². The molecule has 1 heterocycles. The van der Waals surface area contributed by atoms with E-state index in [1.165, 1.54) is 13.8 Å². The van der Waals surface area contributed by atoms with Crippen molar-refractivity contribution in [1.82, 2.24) is 0 Å². The smallest absolute Gasteiger partial charge is 0.308 e. The molecule has 1 atom stereocenters. The number of methoxy groups -OCH3 is 1. The average Bonchev–Trinajstić information content (AvgIpc) is 2.60. The van der Waals surface area contributed by atoms with Crippen molar-refractivity contribution in [2.24, 2.45) is 0 Å². The quantitative estimate of drug-likeness (QED) is 0.616. The summed E-state index contributed by atoms with van der Waals surface area (Å²) in [6.45, 7) is 2.71. The number of aryl methyl sites for hydroxylation is 1. The number of ether oxygens (including phenoxy) is 4. The number of esters is 2. The van der Waals surface area contributed by atoms with Gasteiger partial charge in [-0.05, 0) is 36.6 Å². The van der Waals surface area contributed by atoms with E-state index >= 15 is 0 Å². The second-order valence-electron chi connectivity index (χ2n) is 6.01. The zero-order valence-electron chi connectivity index (χ0n) is 14.9. The zero-order valence-corrected chi connectivity index (χ0v) is 14.9. The van der Waals surface area contributed by atoms with Crippen LogP contribution in [-0.2, 0) is 16.0 Å². The molecule has 0 saturated heterocycles. The van der Waals surface area contributed by atoms with Gasteiger partial charge in [0.25, 0.3) is 0 Å². The van der Waals surface area contributed by atoms with Gasteiger partial charge >= 0.3 is 11.9 Å². The van der Waals surface area contributed by atoms with E-state index in [1.807, 2.05) is 12.1 Å². The molecule has 1 unspecified atom stereocenters. The van der Waals surface area contributed by atoms with Gasteiger partial charge in [0.2, 0.25) is 0 Å². The van der Waals surface area contributed by atoms with E-state index in [9.17, 15) is 9.59 Å². The molecule has 0 radical (unpaired) electrons. The third kappa shape index (κ3) is 3.96. The molecule has 1 aliphatic heterocycles. The van der Waals surface area contributed by atoms with Crippen molar-refractivity contribution in [2.45, 2.75) is 32.8 Å². The maximum atomic E-state index is 11.1. The van der Waals surface area contributed by atoms with Crippen LogP contribution in [0.4, 0.5) is 0 Å². The van der Waals surface area contributed by atoms with Gasteiger partial charge in [0, 0.05) is 31.5 Å². The van der Waals surface area contributed by atoms with Crippen LogP contribution in [0, 0.1) is 0 Å². The number of benzene rings is 2. The molecule has 26 heavy (non-hydrogen) atoms. The molecular weight excluding hydrogens is 336 g/mol. The Balaban J connectivity index is 1.85. The minimum absolute atomic E-state index is 0.212. The Morgan fingerprint density at radius 3 is 2.31 bits per heavy atom. The summed E-state index contributed by atoms with van der Waals surface area (Å²) in [6.07, 6.45) is 1.40. The van der Waals surface area contributed by atoms with Gasteiger partial charge in [0.15, 0.2) is 0 Å². The van der Waals surface area contributed by atoms with E-state index < -0.39 is 0 Å². The van der Waals surface area contributed by atoms with Gasteiger partial charge in [-0.3, -0.25) is 9.59 Å². The molecule has 6 nitrogen and oxygen atoms in total. The third-order valence-corrected chi connectivity index (χ3v) is 4.06. The highest BCUT2D eigenvalue weighted by atomic mass is 16.5. The first-order chi connectivity index (χ1) is 12.5. The van der Waals surface area contributed by atoms with Crippen molar-refractivity contribution in [2.75, 3.05) is 7.11 Å². The summed E-state index contributed by atoms with van der Waals surface area (Å²) in [5.41, 5.74) is 1.93. The number of hydrogen-bond acceptors (Lipinski definition) is 6. The Hall–Kier alpha value is -3.02. The number of fused-ring (bicyclic) bond motifs is 1. The van der Waals surface area contributed by atoms with E-state index in [4.69, 9.17) is 18.9 Å². The second kappa shape index (κ2) is 7.47. The van der Waals surface area contributed by atoms with E-state index in [2.05, 4.69) is 0 Å². The van der Waals surface area contributed by atoms with Gasteiger partial charge < -0.3 is 18.9 Å². The normalized spacial score (nSPS) is 15.4. The highest BCUT2D eigenvalue weighted by molar-refractivity contribution is 5.70. The zero-order chi connectivity index (χ0) is 18.7. The van der Waals surface area contributed by atoms with Crippen LogP contribution >= 0.6 is 0 Å². The van der Waals surface area contributed by atoms with Crippen molar-refractivity contribution in [3.63, 3.8) is 0 Å². The Kier molecular flexibility index (Phi) is 5.11. The molecule has 0 spiro atoms. The van der Waals surface area contributed by atoms with Crippen LogP contribution in [0.5, 0.6) is 23.0 Å². The molecule has 0 aliphatic carbocycles. The number of hydrogen-bond donors (Lipinski definition) is 0. The molecule has 6 heteroatoms. The monoisotopic (exact) mass is 356 g/mol. The van der Waals surface area contributed by atoms with Crippen LogP contribution in [0.2, 0.25) is 0 Å². The van der Waals surface area contributed by atoms with Crippen molar-refractivity contribution in [3.8, 4) is 23.0 Å². The van der Waals surface area contributed by atoms with E-state index in [0.717, 1.165) is 24.0 Å². The second-order valence-corrected chi connectivity index (χ2v) is 6.01. The molecule has 0 aromatic heterocycles. The van der Waals surface area contributed by atoms with Crippen molar-refractivity contribution in [1.29, 1.82) is 0 Å². The molecule has 0 amide bonds. The van der Waals surface area contributed by atoms with Gasteiger partial charge in [0.05, 0.1) is 7.11 Å². The Morgan fingerprint density at radius 2 is 1.65 bits per heavy atom. The molecule has 2 aromatic carbocycles. The molecule has 0 saturated carbocycles. The number of carbonyl (C=O) groups excluding carboxylic acids is 2. The highest BCUT2D eigenvalue weighted by Gasteiger charge is 2.25. The van der Waals surface area contributed by atoms with Gasteiger partial charge in [0.1, 0.15) is 29.1 Å². The van der Waals surface area contributed by atoms with Crippen molar-refractivity contribution >= 4 is 11.9 Å². The molecule has 0 fully saturated rings. The maximum absolute atomic E-state index is 11.1. The molecule has 2 aromatic rings. The minimum atomic E-state index is -0.388. The average molecular weight is 356 g/mol. The lowest BCUT2D eigenvalue weighted by Gasteiger charge is -2.28. The van der Waals surface area contributed by atoms with Crippen LogP contribution in [-0.4, -0.2) is 19.0 Å². The largest absolute Gasteiger partial charge is 0.496 e. The molecule has 136 valence electrons. The van der Waals surface area contributed by atoms with Gasteiger partial charge in [-0.2, -0.15) is 0 Å². The summed E-state index contributed by atoms with van der Waals surface area (Å²) in [5, 5.41) is 0. The predicted octanol–water partition coefficient (Wildman–Crippen LogP) is 3.61. The van der Waals surface area contributed by atoms with E-state index in [1.54, 1.807) is 31.4 Å². The first kappa shape index (κ1) is 17.8. The number of carbonyl (C=O) groups is 2. The van der Waals surface area contributed by atoms with Gasteiger partial charge in [-0.1, -0.05) is 6.07 Å². The molecular formula is C20H20O6. The molecule has 1 aliphatic rings. The predicted molar refractivity (Wildman–Crippen MR) is 93.7 cm³/mol. The van der Waals surface area contributed by atoms with Crippen molar-refractivity contribution in [3.05, 3.63) is 47.5 Å². The Labute approximate surface area is 151 Å². The SMILES string of the molecule is COc1cc(OC(C)=O)ccc1C1CCc2ccc(OC(C)=O)cc2O1. The maximum Gasteiger partial charge on any atom is 0.308 e. The third-order valence-electron chi connectivity index (χ3n) is 4.06. The Morgan fingerprint density at radius 1 is 1.00 bits per heavy atom. The molecule has 0 bridgehead atoms. The standard InChI is InChI=1S/C20H20O6/c1-12(21)24-15-6-4-14-5-9-18(26-19(14)10-15)17-8-7-16(25-13(2)22)11-20(17)23-3/h4,6-8,10-11,18H,5,9H2,1-3H3. The van der Waals surface area contributed by atoms with Gasteiger partial charge in [-0.15, -0.1) is 0 Å². The first-order valence-electron chi connectivity index (χ1n) is 8.30. The first-order valence-corrected chi connectivity index (χ1v) is 8.30. The highest BCUT2D eigenvalue weighted by Crippen LogP contribution is 2.40. The van der Waals surface area contributed by atoms with Gasteiger partial charge in [-0.25, -0.2) is 0 Å². The van der Waals surface area contributed by atoms with E-state index in [0.29, 0.717) is 23.0 Å². The lowest BCUT2D eigenvalue weighted by Crippen LogP contribution is -2.16. The summed E-state index contributed by atoms with van der Waals surface area (Å²) in [5.74, 6) is 1.39. The fourth-order valence-electron chi connectivity index (χ4n) is 2.99. The number of rotatable bonds is 4. The fourth-order valence-corrected chi connectivity index (χ4v) is 2.99. The summed E-state index contributed by atoms with van der Waals surface area (Å²) in [7, 11) is 1.56. The van der Waals surface area contributed by atoms with Crippen LogP contribution in [0.15, 0.2) is 36.4 Å². The summed E-state index contributed by atoms with van der Waals surface area (Å²) < 4.78 is 21.8. The lowest BCUT2D eigenvalue weighted by molar-refractivity contribution is -0.132. The van der Waals surface area contributed by atoms with E-state index in [-0.39, 0.29) is 18.0 Å². The van der Waals surface area contributed by atoms with Crippen molar-refractivity contribution < 1.29 is 28.5 Å². The Bertz CT molecular complexity index is 842. The molecule has 0 N–H and O–H groups in total. The topological polar surface area (TPSA) is 71.1 Å². The van der Waals surface area contributed by atoms with Crippen LogP contribution in [0.1, 0.15) is 37.5 Å². The summed E-state index contributed by atoms with van der Waals surface area (Å²) in [6, 6.07) is 10.6. The lowest BCUT2D eigenvalue weighted by atomic mass is 9.96. The summed E-state index contributed by atoms with van der Waals surface area (Å²) in [4.78, 5) is 22.3. The van der Waals surface area contributed by atoms with Crippen LogP contribution < -0.4 is 18.9 Å².